The minimum absolute atomic E-state index is 0.219. The van der Waals surface area contributed by atoms with Crippen LogP contribution in [-0.2, 0) is 6.54 Å². The molecule has 6 nitrogen and oxygen atoms in total. The van der Waals surface area contributed by atoms with Gasteiger partial charge in [0.25, 0.3) is 5.91 Å². The molecule has 1 aliphatic carbocycles. The molecule has 7 heteroatoms. The summed E-state index contributed by atoms with van der Waals surface area (Å²) in [5.74, 6) is 0.299. The molecule has 1 fully saturated rings. The molecular weight excluding hydrogens is 394 g/mol. The number of nitrogens with one attached hydrogen (secondary N) is 1. The number of carbonyl (C=O) groups excluding carboxylic acids is 1. The number of nitrogens with zero attached hydrogens (tertiary/aromatic N) is 4. The molecule has 4 aromatic rings. The Balaban J connectivity index is 1.46. The van der Waals surface area contributed by atoms with E-state index in [1.165, 1.54) is 11.3 Å². The maximum Gasteiger partial charge on any atom is 0.261 e. The van der Waals surface area contributed by atoms with Gasteiger partial charge in [-0.05, 0) is 25.3 Å². The van der Waals surface area contributed by atoms with Crippen molar-refractivity contribution in [2.24, 2.45) is 0 Å². The molecule has 1 saturated carbocycles. The third kappa shape index (κ3) is 4.02. The number of hydrogen-bond donors (Lipinski definition) is 1. The number of aryl methyl sites for hydroxylation is 1. The zero-order chi connectivity index (χ0) is 20.5. The van der Waals surface area contributed by atoms with Crippen molar-refractivity contribution in [3.63, 3.8) is 0 Å². The minimum Gasteiger partial charge on any atom is -0.296 e. The molecule has 2 aromatic heterocycles. The number of rotatable bonds is 6. The van der Waals surface area contributed by atoms with Gasteiger partial charge >= 0.3 is 0 Å². The first kappa shape index (κ1) is 18.7. The fourth-order valence-corrected chi connectivity index (χ4v) is 4.22. The van der Waals surface area contributed by atoms with Gasteiger partial charge in [-0.2, -0.15) is 5.10 Å². The van der Waals surface area contributed by atoms with Crippen molar-refractivity contribution in [2.75, 3.05) is 5.32 Å². The molecule has 0 atom stereocenters. The van der Waals surface area contributed by atoms with E-state index in [2.05, 4.69) is 15.5 Å². The number of anilines is 1. The molecule has 1 amide bonds. The molecule has 0 radical (unpaired) electrons. The molecule has 0 unspecified atom stereocenters. The Kier molecular flexibility index (Phi) is 4.88. The van der Waals surface area contributed by atoms with E-state index in [-0.39, 0.29) is 5.91 Å². The number of hydrogen-bond acceptors (Lipinski definition) is 5. The third-order valence-electron chi connectivity index (χ3n) is 5.11. The molecule has 150 valence electrons. The molecule has 2 heterocycles. The van der Waals surface area contributed by atoms with Gasteiger partial charge in [-0.3, -0.25) is 14.8 Å². The van der Waals surface area contributed by atoms with E-state index < -0.39 is 0 Å². The van der Waals surface area contributed by atoms with Crippen LogP contribution in [0.3, 0.4) is 0 Å². The second kappa shape index (κ2) is 7.84. The fourth-order valence-electron chi connectivity index (χ4n) is 3.31. The first-order valence-corrected chi connectivity index (χ1v) is 10.8. The highest BCUT2D eigenvalue weighted by molar-refractivity contribution is 7.15. The predicted octanol–water partition coefficient (Wildman–Crippen LogP) is 4.89. The van der Waals surface area contributed by atoms with Crippen LogP contribution in [-0.4, -0.2) is 25.9 Å². The Labute approximate surface area is 178 Å². The van der Waals surface area contributed by atoms with Crippen molar-refractivity contribution in [1.82, 2.24) is 20.0 Å². The summed E-state index contributed by atoms with van der Waals surface area (Å²) in [6.07, 6.45) is 4.12. The average Bonchev–Trinajstić information content (AvgIpc) is 3.36. The first-order chi connectivity index (χ1) is 14.7. The van der Waals surface area contributed by atoms with E-state index in [1.807, 2.05) is 66.2 Å². The van der Waals surface area contributed by atoms with Gasteiger partial charge in [0, 0.05) is 17.7 Å². The van der Waals surface area contributed by atoms with Gasteiger partial charge in [0.2, 0.25) is 5.13 Å². The molecule has 0 bridgehead atoms. The number of aromatic nitrogens is 4. The lowest BCUT2D eigenvalue weighted by Crippen LogP contribution is -2.12. The van der Waals surface area contributed by atoms with Crippen molar-refractivity contribution in [1.29, 1.82) is 0 Å². The van der Waals surface area contributed by atoms with E-state index in [0.717, 1.165) is 34.5 Å². The lowest BCUT2D eigenvalue weighted by atomic mass is 10.1. The summed E-state index contributed by atoms with van der Waals surface area (Å²) in [6.45, 7) is 2.63. The van der Waals surface area contributed by atoms with Gasteiger partial charge in [0.1, 0.15) is 10.7 Å². The fraction of sp³-hybridized carbons (Fsp3) is 0.217. The zero-order valence-electron chi connectivity index (χ0n) is 16.6. The van der Waals surface area contributed by atoms with Crippen molar-refractivity contribution < 1.29 is 4.79 Å². The summed E-state index contributed by atoms with van der Waals surface area (Å²) in [5.41, 5.74) is 4.39. The number of carbonyl (C=O) groups is 1. The van der Waals surface area contributed by atoms with Crippen molar-refractivity contribution >= 4 is 22.4 Å². The molecule has 0 spiro atoms. The van der Waals surface area contributed by atoms with E-state index in [1.54, 1.807) is 6.20 Å². The lowest BCUT2D eigenvalue weighted by molar-refractivity contribution is 0.102. The smallest absolute Gasteiger partial charge is 0.261 e. The molecule has 0 aliphatic heterocycles. The van der Waals surface area contributed by atoms with Crippen molar-refractivity contribution in [3.05, 3.63) is 82.5 Å². The summed E-state index contributed by atoms with van der Waals surface area (Å²) >= 11 is 1.46. The minimum atomic E-state index is -0.219. The molecule has 2 aromatic carbocycles. The van der Waals surface area contributed by atoms with Gasteiger partial charge in [0.05, 0.1) is 12.1 Å². The van der Waals surface area contributed by atoms with Crippen molar-refractivity contribution in [3.8, 4) is 11.3 Å². The molecule has 1 N–H and O–H groups in total. The van der Waals surface area contributed by atoms with Gasteiger partial charge in [-0.15, -0.1) is 10.2 Å². The van der Waals surface area contributed by atoms with Gasteiger partial charge in [-0.25, -0.2) is 0 Å². The van der Waals surface area contributed by atoms with Crippen LogP contribution in [0.25, 0.3) is 11.3 Å². The highest BCUT2D eigenvalue weighted by Crippen LogP contribution is 2.42. The zero-order valence-corrected chi connectivity index (χ0v) is 17.4. The molecule has 0 saturated heterocycles. The highest BCUT2D eigenvalue weighted by Gasteiger charge is 2.28. The summed E-state index contributed by atoms with van der Waals surface area (Å²) in [5, 5.41) is 17.5. The second-order valence-corrected chi connectivity index (χ2v) is 8.62. The second-order valence-electron chi connectivity index (χ2n) is 7.61. The quantitative estimate of drug-likeness (QED) is 0.487. The lowest BCUT2D eigenvalue weighted by Gasteiger charge is -2.03. The Bertz CT molecular complexity index is 1180. The monoisotopic (exact) mass is 415 g/mol. The summed E-state index contributed by atoms with van der Waals surface area (Å²) in [4.78, 5) is 13.1. The Morgan fingerprint density at radius 3 is 2.60 bits per heavy atom. The van der Waals surface area contributed by atoms with Crippen LogP contribution in [0.5, 0.6) is 0 Å². The van der Waals surface area contributed by atoms with Gasteiger partial charge in [0.15, 0.2) is 0 Å². The maximum atomic E-state index is 13.1. The summed E-state index contributed by atoms with van der Waals surface area (Å²) in [6, 6.07) is 18.1. The normalized spacial score (nSPS) is 13.4. The largest absolute Gasteiger partial charge is 0.296 e. The Hall–Kier alpha value is -3.32. The highest BCUT2D eigenvalue weighted by atomic mass is 32.1. The van der Waals surface area contributed by atoms with Crippen LogP contribution in [0.2, 0.25) is 0 Å². The SMILES string of the molecule is Cc1ccc(-c2nn(Cc3ccccc3)cc2C(=O)Nc2nnc(C3CC3)s2)cc1. The van der Waals surface area contributed by atoms with Crippen LogP contribution in [0.15, 0.2) is 60.8 Å². The van der Waals surface area contributed by atoms with Crippen LogP contribution >= 0.6 is 11.3 Å². The number of amides is 1. The molecule has 30 heavy (non-hydrogen) atoms. The third-order valence-corrected chi connectivity index (χ3v) is 6.11. The number of benzene rings is 2. The summed E-state index contributed by atoms with van der Waals surface area (Å²) < 4.78 is 1.81. The standard InChI is InChI=1S/C23H21N5OS/c1-15-7-9-17(10-8-15)20-19(14-28(27-20)13-16-5-3-2-4-6-16)21(29)24-23-26-25-22(30-23)18-11-12-18/h2-10,14,18H,11-13H2,1H3,(H,24,26,29). The molecular formula is C23H21N5OS. The van der Waals surface area contributed by atoms with E-state index in [4.69, 9.17) is 5.10 Å². The topological polar surface area (TPSA) is 72.7 Å². The average molecular weight is 416 g/mol. The van der Waals surface area contributed by atoms with E-state index >= 15 is 0 Å². The molecule has 1 aliphatic rings. The molecule has 5 rings (SSSR count). The summed E-state index contributed by atoms with van der Waals surface area (Å²) in [7, 11) is 0. The Morgan fingerprint density at radius 1 is 1.10 bits per heavy atom. The van der Waals surface area contributed by atoms with Crippen LogP contribution in [0.1, 0.15) is 45.3 Å². The van der Waals surface area contributed by atoms with Gasteiger partial charge in [-0.1, -0.05) is 71.5 Å². The van der Waals surface area contributed by atoms with Crippen LogP contribution in [0, 0.1) is 6.92 Å². The van der Waals surface area contributed by atoms with Gasteiger partial charge < -0.3 is 0 Å². The van der Waals surface area contributed by atoms with Crippen LogP contribution < -0.4 is 5.32 Å². The van der Waals surface area contributed by atoms with E-state index in [9.17, 15) is 4.79 Å². The Morgan fingerprint density at radius 2 is 1.87 bits per heavy atom. The maximum absolute atomic E-state index is 13.1. The van der Waals surface area contributed by atoms with E-state index in [0.29, 0.717) is 28.9 Å². The first-order valence-electron chi connectivity index (χ1n) is 9.99. The van der Waals surface area contributed by atoms with Crippen LogP contribution in [0.4, 0.5) is 5.13 Å². The van der Waals surface area contributed by atoms with Crippen molar-refractivity contribution in [2.45, 2.75) is 32.2 Å². The predicted molar refractivity (Wildman–Crippen MR) is 118 cm³/mol.